The zero-order valence-electron chi connectivity index (χ0n) is 13.6. The molecule has 2 aliphatic rings. The normalized spacial score (nSPS) is 22.3. The Labute approximate surface area is 136 Å². The fraction of sp³-hybridized carbons (Fsp3) is 0.529. The molecule has 1 atom stereocenters. The molecule has 6 nitrogen and oxygen atoms in total. The van der Waals surface area contributed by atoms with Crippen molar-refractivity contribution in [1.29, 1.82) is 0 Å². The zero-order chi connectivity index (χ0) is 16.4. The Balaban J connectivity index is 1.66. The van der Waals surface area contributed by atoms with Gasteiger partial charge in [0.25, 0.3) is 0 Å². The first-order chi connectivity index (χ1) is 11.1. The van der Waals surface area contributed by atoms with E-state index in [1.165, 1.54) is 0 Å². The molecule has 1 saturated heterocycles. The first-order valence-electron chi connectivity index (χ1n) is 8.03. The molecule has 1 aromatic rings. The monoisotopic (exact) mass is 317 g/mol. The molecule has 6 heteroatoms. The molecule has 0 bridgehead atoms. The second kappa shape index (κ2) is 6.10. The van der Waals surface area contributed by atoms with Crippen molar-refractivity contribution in [3.8, 4) is 5.75 Å². The van der Waals surface area contributed by atoms with Crippen LogP contribution in [-0.2, 0) is 10.2 Å². The van der Waals surface area contributed by atoms with Crippen LogP contribution in [0.3, 0.4) is 0 Å². The van der Waals surface area contributed by atoms with E-state index < -0.39 is 6.04 Å². The fourth-order valence-electron chi connectivity index (χ4n) is 3.18. The van der Waals surface area contributed by atoms with Gasteiger partial charge in [0.1, 0.15) is 11.8 Å². The minimum absolute atomic E-state index is 0.0381. The van der Waals surface area contributed by atoms with Crippen LogP contribution >= 0.6 is 0 Å². The van der Waals surface area contributed by atoms with Crippen molar-refractivity contribution in [2.45, 2.75) is 31.2 Å². The first-order valence-corrected chi connectivity index (χ1v) is 8.03. The van der Waals surface area contributed by atoms with Gasteiger partial charge in [0.15, 0.2) is 0 Å². The van der Waals surface area contributed by atoms with E-state index in [4.69, 9.17) is 4.74 Å². The van der Waals surface area contributed by atoms with E-state index in [9.17, 15) is 9.59 Å². The molecule has 1 heterocycles. The molecule has 1 aliphatic heterocycles. The molecule has 1 aromatic carbocycles. The summed E-state index contributed by atoms with van der Waals surface area (Å²) >= 11 is 0. The van der Waals surface area contributed by atoms with Crippen molar-refractivity contribution < 1.29 is 14.3 Å². The molecular formula is C17H23N3O3. The number of benzene rings is 1. The average molecular weight is 317 g/mol. The van der Waals surface area contributed by atoms with Crippen molar-refractivity contribution in [3.05, 3.63) is 29.8 Å². The summed E-state index contributed by atoms with van der Waals surface area (Å²) in [6, 6.07) is 7.36. The van der Waals surface area contributed by atoms with Crippen LogP contribution in [0, 0.1) is 0 Å². The van der Waals surface area contributed by atoms with E-state index in [2.05, 4.69) is 16.7 Å². The van der Waals surface area contributed by atoms with Crippen LogP contribution < -0.4 is 15.4 Å². The van der Waals surface area contributed by atoms with Crippen LogP contribution in [0.4, 0.5) is 4.79 Å². The van der Waals surface area contributed by atoms with E-state index in [0.717, 1.165) is 24.2 Å². The SMILES string of the molecule is COc1ccccc1C1(CNC(=O)N2CCNC(=O)[C@@H]2C)CC1. The number of para-hydroxylation sites is 1. The number of carbonyl (C=O) groups is 2. The zero-order valence-corrected chi connectivity index (χ0v) is 13.6. The van der Waals surface area contributed by atoms with Crippen LogP contribution in [0.15, 0.2) is 24.3 Å². The maximum Gasteiger partial charge on any atom is 0.318 e. The molecule has 0 unspecified atom stereocenters. The highest BCUT2D eigenvalue weighted by molar-refractivity contribution is 5.87. The van der Waals surface area contributed by atoms with Crippen molar-refractivity contribution >= 4 is 11.9 Å². The minimum Gasteiger partial charge on any atom is -0.496 e. The number of methoxy groups -OCH3 is 1. The number of rotatable bonds is 4. The second-order valence-electron chi connectivity index (χ2n) is 6.30. The maximum atomic E-state index is 12.4. The van der Waals surface area contributed by atoms with Gasteiger partial charge in [-0.05, 0) is 25.8 Å². The summed E-state index contributed by atoms with van der Waals surface area (Å²) in [4.78, 5) is 25.7. The quantitative estimate of drug-likeness (QED) is 0.878. The van der Waals surface area contributed by atoms with Crippen LogP contribution in [0.25, 0.3) is 0 Å². The number of nitrogens with one attached hydrogen (secondary N) is 2. The summed E-state index contributed by atoms with van der Waals surface area (Å²) in [5.74, 6) is 0.766. The summed E-state index contributed by atoms with van der Waals surface area (Å²) in [5, 5.41) is 5.77. The number of carbonyl (C=O) groups excluding carboxylic acids is 2. The Morgan fingerprint density at radius 3 is 2.87 bits per heavy atom. The number of amides is 3. The highest BCUT2D eigenvalue weighted by Crippen LogP contribution is 2.50. The number of ether oxygens (including phenoxy) is 1. The molecule has 3 amide bonds. The highest BCUT2D eigenvalue weighted by Gasteiger charge is 2.46. The summed E-state index contributed by atoms with van der Waals surface area (Å²) in [6.07, 6.45) is 2.06. The molecule has 1 saturated carbocycles. The molecule has 0 aromatic heterocycles. The third kappa shape index (κ3) is 2.98. The van der Waals surface area contributed by atoms with Crippen molar-refractivity contribution in [2.75, 3.05) is 26.7 Å². The molecule has 3 rings (SSSR count). The molecule has 124 valence electrons. The van der Waals surface area contributed by atoms with Crippen molar-refractivity contribution in [3.63, 3.8) is 0 Å². The van der Waals surface area contributed by atoms with Crippen LogP contribution in [0.1, 0.15) is 25.3 Å². The van der Waals surface area contributed by atoms with E-state index >= 15 is 0 Å². The highest BCUT2D eigenvalue weighted by atomic mass is 16.5. The third-order valence-electron chi connectivity index (χ3n) is 4.87. The largest absolute Gasteiger partial charge is 0.496 e. The van der Waals surface area contributed by atoms with Crippen molar-refractivity contribution in [1.82, 2.24) is 15.5 Å². The smallest absolute Gasteiger partial charge is 0.318 e. The van der Waals surface area contributed by atoms with Gasteiger partial charge >= 0.3 is 6.03 Å². The summed E-state index contributed by atoms with van der Waals surface area (Å²) in [5.41, 5.74) is 1.11. The Kier molecular flexibility index (Phi) is 4.15. The number of piperazine rings is 1. The lowest BCUT2D eigenvalue weighted by molar-refractivity contribution is -0.126. The van der Waals surface area contributed by atoms with Crippen molar-refractivity contribution in [2.24, 2.45) is 0 Å². The Morgan fingerprint density at radius 2 is 2.17 bits per heavy atom. The standard InChI is InChI=1S/C17H23N3O3/c1-12-15(21)18-9-10-20(12)16(22)19-11-17(7-8-17)13-5-3-4-6-14(13)23-2/h3-6,12H,7-11H2,1-2H3,(H,18,21)(H,19,22)/t12-/m0/s1. The lowest BCUT2D eigenvalue weighted by Crippen LogP contribution is -2.58. The van der Waals surface area contributed by atoms with Crippen LogP contribution in [-0.4, -0.2) is 49.6 Å². The lowest BCUT2D eigenvalue weighted by Gasteiger charge is -2.33. The third-order valence-corrected chi connectivity index (χ3v) is 4.87. The molecule has 2 fully saturated rings. The van der Waals surface area contributed by atoms with Gasteiger partial charge in [0, 0.05) is 30.6 Å². The topological polar surface area (TPSA) is 70.7 Å². The van der Waals surface area contributed by atoms with E-state index in [-0.39, 0.29) is 17.4 Å². The van der Waals surface area contributed by atoms with E-state index in [1.54, 1.807) is 18.9 Å². The van der Waals surface area contributed by atoms with Gasteiger partial charge in [-0.1, -0.05) is 18.2 Å². The van der Waals surface area contributed by atoms with E-state index in [1.807, 2.05) is 18.2 Å². The Bertz CT molecular complexity index is 613. The van der Waals surface area contributed by atoms with Gasteiger partial charge in [0.05, 0.1) is 7.11 Å². The van der Waals surface area contributed by atoms with Gasteiger partial charge < -0.3 is 20.3 Å². The predicted octanol–water partition coefficient (Wildman–Crippen LogP) is 1.26. The molecule has 0 spiro atoms. The number of hydrogen-bond acceptors (Lipinski definition) is 3. The molecule has 0 radical (unpaired) electrons. The van der Waals surface area contributed by atoms with Gasteiger partial charge in [-0.2, -0.15) is 0 Å². The maximum absolute atomic E-state index is 12.4. The molecular weight excluding hydrogens is 294 g/mol. The fourth-order valence-corrected chi connectivity index (χ4v) is 3.18. The second-order valence-corrected chi connectivity index (χ2v) is 6.30. The molecule has 23 heavy (non-hydrogen) atoms. The summed E-state index contributed by atoms with van der Waals surface area (Å²) < 4.78 is 5.45. The lowest BCUT2D eigenvalue weighted by atomic mass is 9.95. The Morgan fingerprint density at radius 1 is 1.43 bits per heavy atom. The van der Waals surface area contributed by atoms with E-state index in [0.29, 0.717) is 19.6 Å². The molecule has 2 N–H and O–H groups in total. The van der Waals surface area contributed by atoms with Gasteiger partial charge in [-0.25, -0.2) is 4.79 Å². The van der Waals surface area contributed by atoms with Gasteiger partial charge in [0.2, 0.25) is 5.91 Å². The van der Waals surface area contributed by atoms with Crippen LogP contribution in [0.5, 0.6) is 5.75 Å². The van der Waals surface area contributed by atoms with Gasteiger partial charge in [-0.15, -0.1) is 0 Å². The first kappa shape index (κ1) is 15.6. The average Bonchev–Trinajstić information content (AvgIpc) is 3.36. The number of urea groups is 1. The molecule has 1 aliphatic carbocycles. The number of hydrogen-bond donors (Lipinski definition) is 2. The predicted molar refractivity (Wildman–Crippen MR) is 86.5 cm³/mol. The summed E-state index contributed by atoms with van der Waals surface area (Å²) in [6.45, 7) is 3.37. The minimum atomic E-state index is -0.426. The van der Waals surface area contributed by atoms with Gasteiger partial charge in [-0.3, -0.25) is 4.79 Å². The van der Waals surface area contributed by atoms with Crippen LogP contribution in [0.2, 0.25) is 0 Å². The summed E-state index contributed by atoms with van der Waals surface area (Å²) in [7, 11) is 1.67. The Hall–Kier alpha value is -2.24. The number of nitrogens with zero attached hydrogens (tertiary/aromatic N) is 1.